The third-order valence-corrected chi connectivity index (χ3v) is 4.41. The van der Waals surface area contributed by atoms with Gasteiger partial charge in [0, 0.05) is 24.0 Å². The quantitative estimate of drug-likeness (QED) is 0.829. The highest BCUT2D eigenvalue weighted by atomic mass is 32.1. The van der Waals surface area contributed by atoms with Crippen LogP contribution in [0.4, 0.5) is 0 Å². The normalized spacial score (nSPS) is 24.9. The molecule has 0 aliphatic carbocycles. The summed E-state index contributed by atoms with van der Waals surface area (Å²) in [5, 5.41) is 20.4. The molecule has 5 heteroatoms. The van der Waals surface area contributed by atoms with E-state index in [1.54, 1.807) is 17.4 Å². The zero-order valence-corrected chi connectivity index (χ0v) is 11.8. The zero-order chi connectivity index (χ0) is 13.8. The van der Waals surface area contributed by atoms with Crippen molar-refractivity contribution >= 4 is 23.4 Å². The second kappa shape index (κ2) is 6.32. The highest BCUT2D eigenvalue weighted by Crippen LogP contribution is 2.22. The summed E-state index contributed by atoms with van der Waals surface area (Å²) in [7, 11) is 0. The zero-order valence-electron chi connectivity index (χ0n) is 11.0. The maximum Gasteiger partial charge on any atom is 0.328 e. The summed E-state index contributed by atoms with van der Waals surface area (Å²) in [5.74, 6) is -0.547. The Morgan fingerprint density at radius 1 is 1.63 bits per heavy atom. The number of carbonyl (C=O) groups is 1. The van der Waals surface area contributed by atoms with Crippen LogP contribution < -0.4 is 0 Å². The second-order valence-electron chi connectivity index (χ2n) is 5.09. The van der Waals surface area contributed by atoms with Gasteiger partial charge in [-0.1, -0.05) is 6.92 Å². The smallest absolute Gasteiger partial charge is 0.328 e. The molecule has 1 aromatic rings. The lowest BCUT2D eigenvalue weighted by Gasteiger charge is -2.33. The summed E-state index contributed by atoms with van der Waals surface area (Å²) in [6, 6.07) is 2.01. The van der Waals surface area contributed by atoms with Crippen molar-refractivity contribution in [2.24, 2.45) is 5.92 Å². The molecular weight excluding hydrogens is 262 g/mol. The summed E-state index contributed by atoms with van der Waals surface area (Å²) in [4.78, 5) is 13.9. The van der Waals surface area contributed by atoms with Crippen molar-refractivity contribution in [3.05, 3.63) is 28.0 Å². The average molecular weight is 281 g/mol. The summed E-state index contributed by atoms with van der Waals surface area (Å²) in [6.07, 6.45) is 3.55. The van der Waals surface area contributed by atoms with Crippen molar-refractivity contribution in [2.75, 3.05) is 13.1 Å². The molecule has 2 N–H and O–H groups in total. The van der Waals surface area contributed by atoms with Crippen LogP contribution in [0.5, 0.6) is 0 Å². The molecule has 2 rings (SSSR count). The number of β-amino-alcohol motifs (C(OH)–C–C–N with tert-alkyl or cyclic N) is 1. The number of aliphatic carboxylic acids is 1. The molecule has 2 atom stereocenters. The predicted octanol–water partition coefficient (Wildman–Crippen LogP) is 2.05. The van der Waals surface area contributed by atoms with Gasteiger partial charge in [0.2, 0.25) is 0 Å². The van der Waals surface area contributed by atoms with Crippen LogP contribution in [0.3, 0.4) is 0 Å². The fraction of sp³-hybridized carbons (Fsp3) is 0.500. The number of carboxylic acid groups (broad SMARTS) is 1. The molecule has 0 radical (unpaired) electrons. The summed E-state index contributed by atoms with van der Waals surface area (Å²) >= 11 is 1.63. The predicted molar refractivity (Wildman–Crippen MR) is 76.1 cm³/mol. The first-order valence-corrected chi connectivity index (χ1v) is 7.31. The third-order valence-electron chi connectivity index (χ3n) is 3.47. The van der Waals surface area contributed by atoms with E-state index in [0.29, 0.717) is 5.92 Å². The van der Waals surface area contributed by atoms with Gasteiger partial charge >= 0.3 is 5.97 Å². The minimum atomic E-state index is -0.930. The van der Waals surface area contributed by atoms with Crippen LogP contribution in [0.2, 0.25) is 0 Å². The first kappa shape index (κ1) is 14.2. The van der Waals surface area contributed by atoms with Crippen LogP contribution in [0.1, 0.15) is 23.8 Å². The van der Waals surface area contributed by atoms with E-state index in [-0.39, 0.29) is 6.10 Å². The first-order valence-electron chi connectivity index (χ1n) is 6.43. The van der Waals surface area contributed by atoms with Gasteiger partial charge in [0.15, 0.2) is 0 Å². The standard InChI is InChI=1S/C14H19NO3S/c1-10-4-5-15(8-13(10)16)7-12-6-11(9-19-12)2-3-14(17)18/h2-3,6,9-10,13,16H,4-5,7-8H2,1H3,(H,17,18)/b3-2+. The van der Waals surface area contributed by atoms with E-state index >= 15 is 0 Å². The minimum absolute atomic E-state index is 0.236. The summed E-state index contributed by atoms with van der Waals surface area (Å²) in [6.45, 7) is 4.65. The molecule has 0 saturated carbocycles. The second-order valence-corrected chi connectivity index (χ2v) is 6.08. The lowest BCUT2D eigenvalue weighted by atomic mass is 9.96. The lowest BCUT2D eigenvalue weighted by molar-refractivity contribution is -0.131. The molecule has 1 aliphatic heterocycles. The SMILES string of the molecule is CC1CCN(Cc2cc(/C=C/C(=O)O)cs2)CC1O. The Kier molecular flexibility index (Phi) is 4.74. The van der Waals surface area contributed by atoms with E-state index in [0.717, 1.165) is 37.7 Å². The number of nitrogens with zero attached hydrogens (tertiary/aromatic N) is 1. The van der Waals surface area contributed by atoms with E-state index in [4.69, 9.17) is 5.11 Å². The Morgan fingerprint density at radius 3 is 3.11 bits per heavy atom. The van der Waals surface area contributed by atoms with Crippen molar-refractivity contribution in [3.8, 4) is 0 Å². The van der Waals surface area contributed by atoms with Crippen LogP contribution in [0.25, 0.3) is 6.08 Å². The van der Waals surface area contributed by atoms with E-state index in [2.05, 4.69) is 11.8 Å². The van der Waals surface area contributed by atoms with Gasteiger partial charge in [-0.3, -0.25) is 4.90 Å². The Bertz CT molecular complexity index is 469. The molecule has 1 aliphatic rings. The number of hydrogen-bond acceptors (Lipinski definition) is 4. The van der Waals surface area contributed by atoms with Gasteiger partial charge in [0.1, 0.15) is 0 Å². The van der Waals surface area contributed by atoms with Gasteiger partial charge < -0.3 is 10.2 Å². The van der Waals surface area contributed by atoms with Crippen LogP contribution in [-0.4, -0.2) is 40.3 Å². The number of thiophene rings is 1. The van der Waals surface area contributed by atoms with Crippen molar-refractivity contribution in [2.45, 2.75) is 26.0 Å². The Hall–Kier alpha value is -1.17. The van der Waals surface area contributed by atoms with Crippen molar-refractivity contribution < 1.29 is 15.0 Å². The average Bonchev–Trinajstić information content (AvgIpc) is 2.79. The number of rotatable bonds is 4. The number of carboxylic acids is 1. The fourth-order valence-electron chi connectivity index (χ4n) is 2.21. The molecule has 1 aromatic heterocycles. The van der Waals surface area contributed by atoms with Crippen molar-refractivity contribution in [1.82, 2.24) is 4.90 Å². The molecule has 0 aromatic carbocycles. The Balaban J connectivity index is 1.91. The number of aliphatic hydroxyl groups is 1. The first-order chi connectivity index (χ1) is 9.04. The molecule has 1 fully saturated rings. The molecule has 2 heterocycles. The molecule has 19 heavy (non-hydrogen) atoms. The molecule has 4 nitrogen and oxygen atoms in total. The van der Waals surface area contributed by atoms with E-state index < -0.39 is 5.97 Å². The van der Waals surface area contributed by atoms with Gasteiger partial charge in [-0.15, -0.1) is 11.3 Å². The monoisotopic (exact) mass is 281 g/mol. The highest BCUT2D eigenvalue weighted by Gasteiger charge is 2.24. The number of likely N-dealkylation sites (tertiary alicyclic amines) is 1. The maximum atomic E-state index is 10.4. The Labute approximate surface area is 117 Å². The summed E-state index contributed by atoms with van der Waals surface area (Å²) < 4.78 is 0. The molecule has 1 saturated heterocycles. The minimum Gasteiger partial charge on any atom is -0.478 e. The molecule has 0 amide bonds. The molecular formula is C14H19NO3S. The van der Waals surface area contributed by atoms with Crippen molar-refractivity contribution in [1.29, 1.82) is 0 Å². The van der Waals surface area contributed by atoms with Crippen molar-refractivity contribution in [3.63, 3.8) is 0 Å². The molecule has 0 spiro atoms. The van der Waals surface area contributed by atoms with E-state index in [1.165, 1.54) is 4.88 Å². The van der Waals surface area contributed by atoms with Gasteiger partial charge in [-0.2, -0.15) is 0 Å². The van der Waals surface area contributed by atoms with Gasteiger partial charge in [0.05, 0.1) is 6.10 Å². The topological polar surface area (TPSA) is 60.8 Å². The fourth-order valence-corrected chi connectivity index (χ4v) is 3.11. The van der Waals surface area contributed by atoms with E-state index in [1.807, 2.05) is 11.4 Å². The Morgan fingerprint density at radius 2 is 2.42 bits per heavy atom. The lowest BCUT2D eigenvalue weighted by Crippen LogP contribution is -2.42. The largest absolute Gasteiger partial charge is 0.478 e. The number of aliphatic hydroxyl groups excluding tert-OH is 1. The molecule has 104 valence electrons. The van der Waals surface area contributed by atoms with Gasteiger partial charge in [-0.05, 0) is 42.0 Å². The highest BCUT2D eigenvalue weighted by molar-refractivity contribution is 7.10. The van der Waals surface area contributed by atoms with E-state index in [9.17, 15) is 9.90 Å². The number of hydrogen-bond donors (Lipinski definition) is 2. The van der Waals surface area contributed by atoms with Gasteiger partial charge in [-0.25, -0.2) is 4.79 Å². The number of piperidine rings is 1. The summed E-state index contributed by atoms with van der Waals surface area (Å²) in [5.41, 5.74) is 0.924. The van der Waals surface area contributed by atoms with Crippen LogP contribution in [0, 0.1) is 5.92 Å². The molecule has 2 unspecified atom stereocenters. The van der Waals surface area contributed by atoms with Gasteiger partial charge in [0.25, 0.3) is 0 Å². The maximum absolute atomic E-state index is 10.4. The molecule has 0 bridgehead atoms. The van der Waals surface area contributed by atoms with Crippen LogP contribution in [-0.2, 0) is 11.3 Å². The van der Waals surface area contributed by atoms with Crippen LogP contribution >= 0.6 is 11.3 Å². The third kappa shape index (κ3) is 4.16. The van der Waals surface area contributed by atoms with Crippen LogP contribution in [0.15, 0.2) is 17.5 Å².